The Hall–Kier alpha value is -2.94. The predicted octanol–water partition coefficient (Wildman–Crippen LogP) is 4.68. The molecule has 0 fully saturated rings. The lowest BCUT2D eigenvalue weighted by atomic mass is 10.0. The van der Waals surface area contributed by atoms with Gasteiger partial charge in [-0.05, 0) is 23.8 Å². The molecule has 3 heteroatoms. The highest BCUT2D eigenvalue weighted by Crippen LogP contribution is 2.42. The summed E-state index contributed by atoms with van der Waals surface area (Å²) >= 11 is 0. The van der Waals surface area contributed by atoms with E-state index in [-0.39, 0.29) is 6.04 Å². The van der Waals surface area contributed by atoms with Crippen molar-refractivity contribution in [3.63, 3.8) is 0 Å². The van der Waals surface area contributed by atoms with E-state index in [4.69, 9.17) is 0 Å². The lowest BCUT2D eigenvalue weighted by molar-refractivity contribution is 0.891. The highest BCUT2D eigenvalue weighted by atomic mass is 15.2. The Morgan fingerprint density at radius 2 is 1.55 bits per heavy atom. The number of para-hydroxylation sites is 1. The van der Waals surface area contributed by atoms with Crippen LogP contribution in [-0.4, -0.2) is 11.2 Å². The first kappa shape index (κ1) is 12.8. The Morgan fingerprint density at radius 3 is 2.32 bits per heavy atom. The number of nitrogens with zero attached hydrogens (tertiary/aromatic N) is 3. The summed E-state index contributed by atoms with van der Waals surface area (Å²) in [6.07, 6.45) is 5.67. The van der Waals surface area contributed by atoms with Gasteiger partial charge in [-0.3, -0.25) is 9.98 Å². The number of aromatic nitrogens is 1. The minimum absolute atomic E-state index is 0.0697. The maximum Gasteiger partial charge on any atom is 0.0947 e. The fraction of sp³-hybridized carbons (Fsp3) is 0.0526. The van der Waals surface area contributed by atoms with Gasteiger partial charge in [0, 0.05) is 18.1 Å². The summed E-state index contributed by atoms with van der Waals surface area (Å²) in [5.41, 5.74) is 4.33. The molecule has 0 spiro atoms. The molecule has 2 heterocycles. The van der Waals surface area contributed by atoms with Crippen molar-refractivity contribution in [2.45, 2.75) is 6.04 Å². The molecule has 2 aromatic carbocycles. The molecule has 1 unspecified atom stereocenters. The van der Waals surface area contributed by atoms with E-state index in [0.29, 0.717) is 0 Å². The van der Waals surface area contributed by atoms with E-state index in [1.807, 2.05) is 30.6 Å². The molecule has 1 atom stereocenters. The van der Waals surface area contributed by atoms with Crippen molar-refractivity contribution in [1.82, 2.24) is 4.98 Å². The summed E-state index contributed by atoms with van der Waals surface area (Å²) in [4.78, 5) is 11.2. The normalized spacial score (nSPS) is 16.4. The third kappa shape index (κ3) is 2.17. The second kappa shape index (κ2) is 5.45. The fourth-order valence-corrected chi connectivity index (χ4v) is 2.81. The number of aliphatic imine (C=N–C) groups is 1. The Morgan fingerprint density at radius 1 is 0.818 bits per heavy atom. The fourth-order valence-electron chi connectivity index (χ4n) is 2.81. The van der Waals surface area contributed by atoms with Crippen molar-refractivity contribution in [3.05, 3.63) is 84.7 Å². The van der Waals surface area contributed by atoms with Gasteiger partial charge in [-0.15, -0.1) is 0 Å². The summed E-state index contributed by atoms with van der Waals surface area (Å²) < 4.78 is 0. The number of fused-ring (bicyclic) bond motifs is 1. The van der Waals surface area contributed by atoms with Gasteiger partial charge in [-0.2, -0.15) is 0 Å². The monoisotopic (exact) mass is 285 g/mol. The van der Waals surface area contributed by atoms with Crippen LogP contribution >= 0.6 is 0 Å². The van der Waals surface area contributed by atoms with E-state index in [9.17, 15) is 0 Å². The lowest BCUT2D eigenvalue weighted by Crippen LogP contribution is -2.27. The predicted molar refractivity (Wildman–Crippen MR) is 90.2 cm³/mol. The lowest BCUT2D eigenvalue weighted by Gasteiger charge is -2.34. The van der Waals surface area contributed by atoms with Crippen molar-refractivity contribution in [1.29, 1.82) is 0 Å². The molecule has 0 amide bonds. The van der Waals surface area contributed by atoms with Crippen LogP contribution in [0.15, 0.2) is 84.1 Å². The molecule has 22 heavy (non-hydrogen) atoms. The van der Waals surface area contributed by atoms with Crippen LogP contribution in [0.1, 0.15) is 11.6 Å². The van der Waals surface area contributed by atoms with Crippen LogP contribution in [0.5, 0.6) is 0 Å². The van der Waals surface area contributed by atoms with E-state index in [1.165, 1.54) is 5.56 Å². The highest BCUT2D eigenvalue weighted by molar-refractivity contribution is 5.89. The number of hydrogen-bond donors (Lipinski definition) is 0. The first-order valence-electron chi connectivity index (χ1n) is 7.31. The van der Waals surface area contributed by atoms with Gasteiger partial charge in [0.05, 0.1) is 23.6 Å². The van der Waals surface area contributed by atoms with E-state index >= 15 is 0 Å². The van der Waals surface area contributed by atoms with Crippen LogP contribution in [0.3, 0.4) is 0 Å². The first-order valence-corrected chi connectivity index (χ1v) is 7.31. The molecule has 106 valence electrons. The van der Waals surface area contributed by atoms with Gasteiger partial charge in [0.15, 0.2) is 0 Å². The van der Waals surface area contributed by atoms with Crippen LogP contribution in [0.2, 0.25) is 0 Å². The van der Waals surface area contributed by atoms with E-state index in [1.54, 1.807) is 6.20 Å². The second-order valence-corrected chi connectivity index (χ2v) is 5.20. The maximum atomic E-state index is 4.62. The summed E-state index contributed by atoms with van der Waals surface area (Å²) in [6, 6.07) is 22.8. The van der Waals surface area contributed by atoms with Crippen LogP contribution in [0.25, 0.3) is 0 Å². The molecule has 1 aliphatic heterocycles. The van der Waals surface area contributed by atoms with Gasteiger partial charge in [-0.1, -0.05) is 48.5 Å². The molecular formula is C19H15N3. The third-order valence-electron chi connectivity index (χ3n) is 3.85. The van der Waals surface area contributed by atoms with Gasteiger partial charge in [-0.25, -0.2) is 0 Å². The average Bonchev–Trinajstić information content (AvgIpc) is 2.62. The number of pyridine rings is 1. The molecule has 1 aromatic heterocycles. The number of rotatable bonds is 2. The average molecular weight is 285 g/mol. The summed E-state index contributed by atoms with van der Waals surface area (Å²) in [6.45, 7) is 0. The van der Waals surface area contributed by atoms with Crippen molar-refractivity contribution >= 4 is 23.3 Å². The number of benzene rings is 2. The SMILES string of the molecule is C1=Nc2ccncc2N(c2ccccc2)C1c1ccccc1. The quantitative estimate of drug-likeness (QED) is 0.684. The van der Waals surface area contributed by atoms with E-state index in [0.717, 1.165) is 17.1 Å². The molecule has 4 rings (SSSR count). The third-order valence-corrected chi connectivity index (χ3v) is 3.85. The minimum Gasteiger partial charge on any atom is -0.326 e. The molecule has 0 radical (unpaired) electrons. The van der Waals surface area contributed by atoms with Crippen LogP contribution in [0.4, 0.5) is 17.1 Å². The molecule has 1 aliphatic rings. The molecule has 0 aliphatic carbocycles. The van der Waals surface area contributed by atoms with Gasteiger partial charge >= 0.3 is 0 Å². The Bertz CT molecular complexity index is 797. The largest absolute Gasteiger partial charge is 0.326 e. The molecule has 0 saturated carbocycles. The van der Waals surface area contributed by atoms with Crippen molar-refractivity contribution in [2.75, 3.05) is 4.90 Å². The van der Waals surface area contributed by atoms with Crippen LogP contribution in [-0.2, 0) is 0 Å². The highest BCUT2D eigenvalue weighted by Gasteiger charge is 2.26. The summed E-state index contributed by atoms with van der Waals surface area (Å²) in [7, 11) is 0. The zero-order valence-corrected chi connectivity index (χ0v) is 12.0. The molecule has 3 aromatic rings. The van der Waals surface area contributed by atoms with Gasteiger partial charge in [0.2, 0.25) is 0 Å². The van der Waals surface area contributed by atoms with Crippen molar-refractivity contribution in [2.24, 2.45) is 4.99 Å². The van der Waals surface area contributed by atoms with Crippen molar-refractivity contribution in [3.8, 4) is 0 Å². The Kier molecular flexibility index (Phi) is 3.16. The van der Waals surface area contributed by atoms with Gasteiger partial charge < -0.3 is 4.90 Å². The number of hydrogen-bond acceptors (Lipinski definition) is 3. The van der Waals surface area contributed by atoms with Crippen LogP contribution in [0, 0.1) is 0 Å². The smallest absolute Gasteiger partial charge is 0.0947 e. The minimum atomic E-state index is 0.0697. The summed E-state index contributed by atoms with van der Waals surface area (Å²) in [5.74, 6) is 0. The molecule has 0 bridgehead atoms. The van der Waals surface area contributed by atoms with E-state index in [2.05, 4.69) is 63.4 Å². The molecule has 0 saturated heterocycles. The molecular weight excluding hydrogens is 270 g/mol. The zero-order valence-electron chi connectivity index (χ0n) is 12.0. The topological polar surface area (TPSA) is 28.5 Å². The first-order chi connectivity index (χ1) is 10.9. The molecule has 0 N–H and O–H groups in total. The Balaban J connectivity index is 1.89. The number of anilines is 2. The zero-order chi connectivity index (χ0) is 14.8. The van der Waals surface area contributed by atoms with Gasteiger partial charge in [0.25, 0.3) is 0 Å². The maximum absolute atomic E-state index is 4.62. The van der Waals surface area contributed by atoms with Crippen LogP contribution < -0.4 is 4.90 Å². The van der Waals surface area contributed by atoms with E-state index < -0.39 is 0 Å². The molecule has 3 nitrogen and oxygen atoms in total. The van der Waals surface area contributed by atoms with Gasteiger partial charge in [0.1, 0.15) is 0 Å². The Labute approximate surface area is 129 Å². The summed E-state index contributed by atoms with van der Waals surface area (Å²) in [5, 5.41) is 0. The van der Waals surface area contributed by atoms with Crippen molar-refractivity contribution < 1.29 is 0 Å². The second-order valence-electron chi connectivity index (χ2n) is 5.20. The standard InChI is InChI=1S/C19H15N3/c1-3-7-15(8-4-1)18-14-21-17-11-12-20-13-19(17)22(18)16-9-5-2-6-10-16/h1-14,18H.